The Balaban J connectivity index is 1.81. The molecule has 0 atom stereocenters. The lowest BCUT2D eigenvalue weighted by Crippen LogP contribution is -2.15. The molecule has 0 unspecified atom stereocenters. The van der Waals surface area contributed by atoms with Gasteiger partial charge in [-0.15, -0.1) is 0 Å². The Morgan fingerprint density at radius 2 is 1.85 bits per heavy atom. The summed E-state index contributed by atoms with van der Waals surface area (Å²) in [5, 5.41) is 7.97. The van der Waals surface area contributed by atoms with E-state index in [-0.39, 0.29) is 10.8 Å². The zero-order valence-corrected chi connectivity index (χ0v) is 16.9. The molecule has 1 heterocycles. The van der Waals surface area contributed by atoms with Gasteiger partial charge in [0.15, 0.2) is 0 Å². The summed E-state index contributed by atoms with van der Waals surface area (Å²) in [6.07, 6.45) is 5.68. The predicted molar refractivity (Wildman–Crippen MR) is 107 cm³/mol. The Morgan fingerprint density at radius 1 is 1.19 bits per heavy atom. The molecule has 1 aliphatic rings. The topological polar surface area (TPSA) is 94.2 Å². The molecule has 0 saturated heterocycles. The Kier molecular flexibility index (Phi) is 5.01. The standard InChI is InChI=1S/C20H25N3O3S/c1-12-9-18(27(21,25)26)11-19(14(12)3)22-20(24)8-5-16-10-13(2)23(15(16)4)17-6-7-17/h5,8-11,17H,6-7H2,1-4H3,(H,22,24)(H2,21,25,26)/b8-5+. The van der Waals surface area contributed by atoms with Gasteiger partial charge in [-0.2, -0.15) is 0 Å². The molecule has 3 rings (SSSR count). The summed E-state index contributed by atoms with van der Waals surface area (Å²) in [4.78, 5) is 12.4. The fraction of sp³-hybridized carbons (Fsp3) is 0.350. The van der Waals surface area contributed by atoms with Crippen molar-refractivity contribution in [2.45, 2.75) is 51.5 Å². The Morgan fingerprint density at radius 3 is 2.44 bits per heavy atom. The molecule has 27 heavy (non-hydrogen) atoms. The molecule has 0 spiro atoms. The number of carbonyl (C=O) groups is 1. The molecule has 1 aromatic carbocycles. The first kappa shape index (κ1) is 19.4. The van der Waals surface area contributed by atoms with Crippen molar-refractivity contribution >= 4 is 27.7 Å². The Hall–Kier alpha value is -2.38. The van der Waals surface area contributed by atoms with Crippen LogP contribution >= 0.6 is 0 Å². The van der Waals surface area contributed by atoms with Crippen LogP contribution in [0.3, 0.4) is 0 Å². The monoisotopic (exact) mass is 387 g/mol. The van der Waals surface area contributed by atoms with Crippen molar-refractivity contribution in [2.24, 2.45) is 5.14 Å². The quantitative estimate of drug-likeness (QED) is 0.770. The predicted octanol–water partition coefficient (Wildman–Crippen LogP) is 3.36. The summed E-state index contributed by atoms with van der Waals surface area (Å²) < 4.78 is 25.6. The van der Waals surface area contributed by atoms with Gasteiger partial charge < -0.3 is 9.88 Å². The number of hydrogen-bond donors (Lipinski definition) is 2. The number of aryl methyl sites for hydroxylation is 2. The number of anilines is 1. The number of rotatable bonds is 5. The molecule has 1 fully saturated rings. The normalized spacial score (nSPS) is 14.7. The second kappa shape index (κ2) is 6.98. The molecule has 3 N–H and O–H groups in total. The molecule has 0 aliphatic heterocycles. The molecule has 1 aliphatic carbocycles. The number of sulfonamides is 1. The number of nitrogens with one attached hydrogen (secondary N) is 1. The molecular formula is C20H25N3O3S. The van der Waals surface area contributed by atoms with Crippen molar-refractivity contribution < 1.29 is 13.2 Å². The molecular weight excluding hydrogens is 362 g/mol. The fourth-order valence-corrected chi connectivity index (χ4v) is 3.95. The molecule has 1 aromatic heterocycles. The van der Waals surface area contributed by atoms with Crippen molar-refractivity contribution in [1.82, 2.24) is 4.57 Å². The highest BCUT2D eigenvalue weighted by atomic mass is 32.2. The van der Waals surface area contributed by atoms with E-state index in [4.69, 9.17) is 5.14 Å². The van der Waals surface area contributed by atoms with Gasteiger partial charge in [0.1, 0.15) is 0 Å². The summed E-state index contributed by atoms with van der Waals surface area (Å²) in [6, 6.07) is 5.56. The highest BCUT2D eigenvalue weighted by molar-refractivity contribution is 7.89. The molecule has 144 valence electrons. The molecule has 1 amide bonds. The molecule has 0 radical (unpaired) electrons. The van der Waals surface area contributed by atoms with Crippen LogP contribution in [0.25, 0.3) is 6.08 Å². The minimum atomic E-state index is -3.84. The average Bonchev–Trinajstić information content (AvgIpc) is 3.35. The fourth-order valence-electron chi connectivity index (χ4n) is 3.33. The van der Waals surface area contributed by atoms with E-state index in [1.165, 1.54) is 36.7 Å². The first-order valence-corrected chi connectivity index (χ1v) is 10.4. The van der Waals surface area contributed by atoms with Gasteiger partial charge in [-0.1, -0.05) is 0 Å². The van der Waals surface area contributed by atoms with Crippen LogP contribution in [0.4, 0.5) is 5.69 Å². The summed E-state index contributed by atoms with van der Waals surface area (Å²) >= 11 is 0. The van der Waals surface area contributed by atoms with E-state index in [9.17, 15) is 13.2 Å². The van der Waals surface area contributed by atoms with Crippen LogP contribution in [0.2, 0.25) is 0 Å². The van der Waals surface area contributed by atoms with Crippen LogP contribution in [0, 0.1) is 27.7 Å². The van der Waals surface area contributed by atoms with E-state index in [1.54, 1.807) is 13.0 Å². The maximum atomic E-state index is 12.4. The minimum absolute atomic E-state index is 0.0159. The van der Waals surface area contributed by atoms with E-state index in [2.05, 4.69) is 29.8 Å². The second-order valence-corrected chi connectivity index (χ2v) is 8.77. The molecule has 7 heteroatoms. The number of primary sulfonamides is 1. The average molecular weight is 388 g/mol. The largest absolute Gasteiger partial charge is 0.346 e. The maximum Gasteiger partial charge on any atom is 0.248 e. The maximum absolute atomic E-state index is 12.4. The van der Waals surface area contributed by atoms with Gasteiger partial charge in [0.05, 0.1) is 4.90 Å². The first-order chi connectivity index (χ1) is 12.6. The van der Waals surface area contributed by atoms with Crippen molar-refractivity contribution in [1.29, 1.82) is 0 Å². The third-order valence-electron chi connectivity index (χ3n) is 5.08. The van der Waals surface area contributed by atoms with Gasteiger partial charge in [0.25, 0.3) is 0 Å². The minimum Gasteiger partial charge on any atom is -0.346 e. The number of hydrogen-bond acceptors (Lipinski definition) is 3. The molecule has 6 nitrogen and oxygen atoms in total. The van der Waals surface area contributed by atoms with Gasteiger partial charge >= 0.3 is 0 Å². The highest BCUT2D eigenvalue weighted by Crippen LogP contribution is 2.38. The van der Waals surface area contributed by atoms with Crippen molar-refractivity contribution in [3.63, 3.8) is 0 Å². The van der Waals surface area contributed by atoms with Crippen LogP contribution in [0.1, 0.15) is 47.0 Å². The summed E-state index contributed by atoms with van der Waals surface area (Å²) in [5.74, 6) is -0.319. The smallest absolute Gasteiger partial charge is 0.248 e. The van der Waals surface area contributed by atoms with E-state index in [0.717, 1.165) is 22.4 Å². The number of nitrogens with zero attached hydrogens (tertiary/aromatic N) is 1. The summed E-state index contributed by atoms with van der Waals surface area (Å²) in [5.41, 5.74) is 5.35. The van der Waals surface area contributed by atoms with Crippen LogP contribution in [-0.2, 0) is 14.8 Å². The van der Waals surface area contributed by atoms with Crippen LogP contribution < -0.4 is 10.5 Å². The molecule has 2 aromatic rings. The lowest BCUT2D eigenvalue weighted by Gasteiger charge is -2.11. The van der Waals surface area contributed by atoms with Crippen LogP contribution in [0.15, 0.2) is 29.2 Å². The van der Waals surface area contributed by atoms with Gasteiger partial charge in [-0.25, -0.2) is 13.6 Å². The van der Waals surface area contributed by atoms with Gasteiger partial charge in [0, 0.05) is 29.2 Å². The van der Waals surface area contributed by atoms with E-state index < -0.39 is 10.0 Å². The van der Waals surface area contributed by atoms with Crippen LogP contribution in [-0.4, -0.2) is 18.9 Å². The van der Waals surface area contributed by atoms with Gasteiger partial charge in [-0.3, -0.25) is 4.79 Å². The first-order valence-electron chi connectivity index (χ1n) is 8.89. The van der Waals surface area contributed by atoms with Gasteiger partial charge in [-0.05, 0) is 81.5 Å². The Labute approximate surface area is 160 Å². The zero-order chi connectivity index (χ0) is 19.9. The van der Waals surface area contributed by atoms with Crippen molar-refractivity contribution in [2.75, 3.05) is 5.32 Å². The van der Waals surface area contributed by atoms with E-state index in [1.807, 2.05) is 6.92 Å². The van der Waals surface area contributed by atoms with Crippen LogP contribution in [0.5, 0.6) is 0 Å². The summed E-state index contributed by atoms with van der Waals surface area (Å²) in [6.45, 7) is 7.74. The third-order valence-corrected chi connectivity index (χ3v) is 5.97. The molecule has 1 saturated carbocycles. The van der Waals surface area contributed by atoms with Gasteiger partial charge in [0.2, 0.25) is 15.9 Å². The number of aromatic nitrogens is 1. The second-order valence-electron chi connectivity index (χ2n) is 7.21. The third kappa shape index (κ3) is 4.14. The number of amides is 1. The number of benzene rings is 1. The highest BCUT2D eigenvalue weighted by Gasteiger charge is 2.26. The molecule has 0 bridgehead atoms. The lowest BCUT2D eigenvalue weighted by atomic mass is 10.1. The SMILES string of the molecule is Cc1cc(S(N)(=O)=O)cc(NC(=O)/C=C/c2cc(C)n(C3CC3)c2C)c1C. The van der Waals surface area contributed by atoms with Crippen molar-refractivity contribution in [3.05, 3.63) is 52.4 Å². The zero-order valence-electron chi connectivity index (χ0n) is 16.0. The number of carbonyl (C=O) groups excluding carboxylic acids is 1. The lowest BCUT2D eigenvalue weighted by molar-refractivity contribution is -0.111. The van der Waals surface area contributed by atoms with E-state index in [0.29, 0.717) is 11.7 Å². The van der Waals surface area contributed by atoms with Crippen molar-refractivity contribution in [3.8, 4) is 0 Å². The Bertz CT molecular complexity index is 1040. The number of nitrogens with two attached hydrogens (primary N) is 1. The summed E-state index contributed by atoms with van der Waals surface area (Å²) in [7, 11) is -3.84. The van der Waals surface area contributed by atoms with E-state index >= 15 is 0 Å².